The number of phenols is 1. The zero-order valence-electron chi connectivity index (χ0n) is 21.9. The van der Waals surface area contributed by atoms with Gasteiger partial charge in [-0.3, -0.25) is 4.79 Å². The Kier molecular flexibility index (Phi) is 8.84. The second-order valence-corrected chi connectivity index (χ2v) is 9.52. The highest BCUT2D eigenvalue weighted by molar-refractivity contribution is 5.95. The maximum atomic E-state index is 14.9. The number of amides is 1. The van der Waals surface area contributed by atoms with E-state index in [1.165, 1.54) is 24.3 Å². The SMILES string of the molecule is O=C(NC(Cc1ccccc1)(c1cc(F)cc(OC(F)(F)C(F)F)c1)c1ccc(F)c(O)c1)c1ccc(F)c(C(F)(F)F)c1. The average molecular weight is 631 g/mol. The fourth-order valence-electron chi connectivity index (χ4n) is 4.46. The van der Waals surface area contributed by atoms with Gasteiger partial charge in [0.15, 0.2) is 11.6 Å². The van der Waals surface area contributed by atoms with Gasteiger partial charge >= 0.3 is 18.7 Å². The van der Waals surface area contributed by atoms with E-state index in [4.69, 9.17) is 0 Å². The lowest BCUT2D eigenvalue weighted by Crippen LogP contribution is -2.49. The second kappa shape index (κ2) is 12.1. The van der Waals surface area contributed by atoms with Crippen molar-refractivity contribution >= 4 is 5.91 Å². The summed E-state index contributed by atoms with van der Waals surface area (Å²) in [5.74, 6) is -7.64. The summed E-state index contributed by atoms with van der Waals surface area (Å²) >= 11 is 0. The first-order valence-electron chi connectivity index (χ1n) is 12.4. The Morgan fingerprint density at radius 1 is 0.795 bits per heavy atom. The Morgan fingerprint density at radius 2 is 1.45 bits per heavy atom. The van der Waals surface area contributed by atoms with Crippen LogP contribution in [0, 0.1) is 17.5 Å². The zero-order chi connectivity index (χ0) is 32.4. The van der Waals surface area contributed by atoms with Crippen LogP contribution in [0.2, 0.25) is 0 Å². The third-order valence-corrected chi connectivity index (χ3v) is 6.48. The summed E-state index contributed by atoms with van der Waals surface area (Å²) in [5.41, 5.74) is -5.19. The molecule has 0 spiro atoms. The molecule has 0 heterocycles. The maximum Gasteiger partial charge on any atom is 0.461 e. The third-order valence-electron chi connectivity index (χ3n) is 6.48. The molecule has 0 aliphatic carbocycles. The van der Waals surface area contributed by atoms with Crippen molar-refractivity contribution in [1.29, 1.82) is 0 Å². The molecule has 0 aliphatic heterocycles. The molecule has 44 heavy (non-hydrogen) atoms. The van der Waals surface area contributed by atoms with Gasteiger partial charge in [-0.05, 0) is 59.2 Å². The highest BCUT2D eigenvalue weighted by Crippen LogP contribution is 2.40. The summed E-state index contributed by atoms with van der Waals surface area (Å²) < 4.78 is 141. The van der Waals surface area contributed by atoms with Crippen LogP contribution in [-0.4, -0.2) is 23.5 Å². The van der Waals surface area contributed by atoms with Crippen LogP contribution in [0.4, 0.5) is 43.9 Å². The number of carbonyl (C=O) groups excluding carboxylic acids is 1. The molecule has 1 atom stereocenters. The molecule has 4 aromatic carbocycles. The molecule has 0 saturated carbocycles. The number of alkyl halides is 7. The Morgan fingerprint density at radius 3 is 2.07 bits per heavy atom. The number of hydrogen-bond donors (Lipinski definition) is 2. The fraction of sp³-hybridized carbons (Fsp3) is 0.167. The monoisotopic (exact) mass is 631 g/mol. The summed E-state index contributed by atoms with van der Waals surface area (Å²) in [6, 6.07) is 13.1. The van der Waals surface area contributed by atoms with E-state index in [1.807, 2.05) is 0 Å². The van der Waals surface area contributed by atoms with E-state index in [2.05, 4.69) is 10.1 Å². The van der Waals surface area contributed by atoms with Crippen LogP contribution >= 0.6 is 0 Å². The van der Waals surface area contributed by atoms with Gasteiger partial charge < -0.3 is 15.2 Å². The van der Waals surface area contributed by atoms with Crippen LogP contribution in [0.1, 0.15) is 32.6 Å². The number of benzene rings is 4. The van der Waals surface area contributed by atoms with Crippen molar-refractivity contribution in [2.75, 3.05) is 0 Å². The topological polar surface area (TPSA) is 58.6 Å². The predicted molar refractivity (Wildman–Crippen MR) is 136 cm³/mol. The van der Waals surface area contributed by atoms with Crippen molar-refractivity contribution in [2.45, 2.75) is 30.7 Å². The van der Waals surface area contributed by atoms with Gasteiger partial charge in [-0.2, -0.15) is 30.7 Å². The third kappa shape index (κ3) is 6.90. The molecule has 0 aliphatic rings. The lowest BCUT2D eigenvalue weighted by molar-refractivity contribution is -0.253. The standard InChI is InChI=1S/C30H19F10NO3/c31-20-11-19(12-21(14-20)44-30(39,40)27(34)35)28(15-16-4-2-1-3-5-16,18-7-9-24(33)25(42)13-18)41-26(43)17-6-8-23(32)22(10-17)29(36,37)38/h1-14,27,42H,15H2,(H,41,43). The van der Waals surface area contributed by atoms with E-state index in [-0.39, 0.29) is 11.6 Å². The first kappa shape index (κ1) is 32.2. The van der Waals surface area contributed by atoms with Crippen LogP contribution < -0.4 is 10.1 Å². The van der Waals surface area contributed by atoms with Crippen molar-refractivity contribution in [3.05, 3.63) is 130 Å². The molecule has 0 radical (unpaired) electrons. The molecule has 4 aromatic rings. The molecule has 14 heteroatoms. The molecule has 0 fully saturated rings. The number of halogens is 10. The first-order valence-corrected chi connectivity index (χ1v) is 12.4. The Balaban J connectivity index is 1.99. The van der Waals surface area contributed by atoms with Gasteiger partial charge in [0.2, 0.25) is 0 Å². The summed E-state index contributed by atoms with van der Waals surface area (Å²) in [6.45, 7) is 0. The zero-order valence-corrected chi connectivity index (χ0v) is 21.9. The minimum atomic E-state index is -5.21. The van der Waals surface area contributed by atoms with Crippen LogP contribution in [0.15, 0.2) is 84.9 Å². The van der Waals surface area contributed by atoms with E-state index in [0.29, 0.717) is 35.9 Å². The van der Waals surface area contributed by atoms with Crippen LogP contribution in [0.5, 0.6) is 11.5 Å². The van der Waals surface area contributed by atoms with Gasteiger partial charge in [0.1, 0.15) is 17.4 Å². The minimum Gasteiger partial charge on any atom is -0.505 e. The van der Waals surface area contributed by atoms with Gasteiger partial charge in [-0.25, -0.2) is 13.2 Å². The molecular weight excluding hydrogens is 612 g/mol. The van der Waals surface area contributed by atoms with E-state index in [9.17, 15) is 53.8 Å². The Bertz CT molecular complexity index is 1660. The van der Waals surface area contributed by atoms with Gasteiger partial charge in [-0.1, -0.05) is 36.4 Å². The lowest BCUT2D eigenvalue weighted by atomic mass is 9.77. The molecule has 0 saturated heterocycles. The Labute approximate surface area is 242 Å². The second-order valence-electron chi connectivity index (χ2n) is 9.52. The van der Waals surface area contributed by atoms with Gasteiger partial charge in [-0.15, -0.1) is 0 Å². The first-order chi connectivity index (χ1) is 20.5. The Hall–Kier alpha value is -4.75. The smallest absolute Gasteiger partial charge is 0.461 e. The quantitative estimate of drug-likeness (QED) is 0.184. The number of hydrogen-bond acceptors (Lipinski definition) is 3. The highest BCUT2D eigenvalue weighted by Gasteiger charge is 2.45. The molecule has 4 nitrogen and oxygen atoms in total. The number of ether oxygens (including phenoxy) is 1. The summed E-state index contributed by atoms with van der Waals surface area (Å²) in [5, 5.41) is 12.6. The van der Waals surface area contributed by atoms with Crippen molar-refractivity contribution in [2.24, 2.45) is 0 Å². The summed E-state index contributed by atoms with van der Waals surface area (Å²) in [4.78, 5) is 13.5. The molecule has 1 unspecified atom stereocenters. The lowest BCUT2D eigenvalue weighted by Gasteiger charge is -2.37. The number of aromatic hydroxyl groups is 1. The largest absolute Gasteiger partial charge is 0.505 e. The molecule has 0 bridgehead atoms. The molecule has 232 valence electrons. The normalized spacial score (nSPS) is 13.4. The molecule has 2 N–H and O–H groups in total. The molecule has 0 aromatic heterocycles. The van der Waals surface area contributed by atoms with Crippen LogP contribution in [0.25, 0.3) is 0 Å². The maximum absolute atomic E-state index is 14.9. The molecular formula is C30H19F10NO3. The average Bonchev–Trinajstić information content (AvgIpc) is 2.93. The van der Waals surface area contributed by atoms with Crippen LogP contribution in [-0.2, 0) is 18.1 Å². The van der Waals surface area contributed by atoms with Gasteiger partial charge in [0, 0.05) is 18.1 Å². The number of phenolic OH excluding ortho intramolecular Hbond substituents is 1. The summed E-state index contributed by atoms with van der Waals surface area (Å²) in [6.07, 6.45) is -15.1. The van der Waals surface area contributed by atoms with E-state index < -0.39 is 82.2 Å². The van der Waals surface area contributed by atoms with Gasteiger partial charge in [0.25, 0.3) is 5.91 Å². The fourth-order valence-corrected chi connectivity index (χ4v) is 4.46. The number of nitrogens with one attached hydrogen (secondary N) is 1. The van der Waals surface area contributed by atoms with Crippen molar-refractivity contribution in [3.63, 3.8) is 0 Å². The minimum absolute atomic E-state index is 0.198. The number of rotatable bonds is 9. The molecule has 4 rings (SSSR count). The van der Waals surface area contributed by atoms with Crippen LogP contribution in [0.3, 0.4) is 0 Å². The van der Waals surface area contributed by atoms with Gasteiger partial charge in [0.05, 0.1) is 11.1 Å². The number of carbonyl (C=O) groups is 1. The summed E-state index contributed by atoms with van der Waals surface area (Å²) in [7, 11) is 0. The predicted octanol–water partition coefficient (Wildman–Crippen LogP) is 7.98. The van der Waals surface area contributed by atoms with Crippen molar-refractivity contribution in [1.82, 2.24) is 5.32 Å². The van der Waals surface area contributed by atoms with E-state index in [1.54, 1.807) is 6.07 Å². The van der Waals surface area contributed by atoms with E-state index in [0.717, 1.165) is 18.2 Å². The van der Waals surface area contributed by atoms with E-state index >= 15 is 0 Å². The van der Waals surface area contributed by atoms with Crippen molar-refractivity contribution in [3.8, 4) is 11.5 Å². The molecule has 1 amide bonds. The van der Waals surface area contributed by atoms with Crippen molar-refractivity contribution < 1.29 is 58.5 Å². The highest BCUT2D eigenvalue weighted by atomic mass is 19.4.